The number of carbonyl (C=O) groups is 1. The van der Waals surface area contributed by atoms with Crippen molar-refractivity contribution in [2.75, 3.05) is 20.3 Å². The van der Waals surface area contributed by atoms with E-state index in [1.807, 2.05) is 36.4 Å². The lowest BCUT2D eigenvalue weighted by Crippen LogP contribution is -2.47. The fourth-order valence-corrected chi connectivity index (χ4v) is 2.90. The highest BCUT2D eigenvalue weighted by Gasteiger charge is 2.14. The average molecular weight is 415 g/mol. The van der Waals surface area contributed by atoms with Gasteiger partial charge >= 0.3 is 0 Å². The number of halogens is 1. The number of thiocarbonyl (C=S) groups is 1. The van der Waals surface area contributed by atoms with Gasteiger partial charge in [0.2, 0.25) is 0 Å². The van der Waals surface area contributed by atoms with Crippen LogP contribution in [0.4, 0.5) is 0 Å². The molecule has 3 aromatic rings. The number of aromatic nitrogens is 1. The van der Waals surface area contributed by atoms with Crippen LogP contribution in [0.3, 0.4) is 0 Å². The van der Waals surface area contributed by atoms with Gasteiger partial charge in [0.1, 0.15) is 0 Å². The van der Waals surface area contributed by atoms with E-state index in [4.69, 9.17) is 28.6 Å². The zero-order valence-electron chi connectivity index (χ0n) is 15.2. The van der Waals surface area contributed by atoms with Crippen molar-refractivity contribution in [1.29, 1.82) is 0 Å². The zero-order valence-corrected chi connectivity index (χ0v) is 16.7. The molecule has 0 aliphatic rings. The van der Waals surface area contributed by atoms with E-state index in [1.54, 1.807) is 25.3 Å². The smallest absolute Gasteiger partial charge is 0.270 e. The molecule has 0 saturated heterocycles. The van der Waals surface area contributed by atoms with Crippen molar-refractivity contribution in [1.82, 2.24) is 21.2 Å². The second-order valence-electron chi connectivity index (χ2n) is 5.91. The zero-order chi connectivity index (χ0) is 19.9. The molecule has 0 fully saturated rings. The lowest BCUT2D eigenvalue weighted by Gasteiger charge is -2.13. The first-order chi connectivity index (χ1) is 13.6. The second-order valence-corrected chi connectivity index (χ2v) is 6.75. The molecule has 2 aromatic carbocycles. The molecule has 0 aliphatic carbocycles. The molecule has 6 nitrogen and oxygen atoms in total. The number of hydrazine groups is 1. The van der Waals surface area contributed by atoms with Crippen molar-refractivity contribution in [2.45, 2.75) is 0 Å². The van der Waals surface area contributed by atoms with Crippen molar-refractivity contribution >= 4 is 45.7 Å². The summed E-state index contributed by atoms with van der Waals surface area (Å²) in [5.41, 5.74) is 8.08. The minimum atomic E-state index is -0.315. The molecular formula is C20H19ClN4O2S. The summed E-state index contributed by atoms with van der Waals surface area (Å²) in [6.07, 6.45) is 0. The first-order valence-electron chi connectivity index (χ1n) is 8.57. The van der Waals surface area contributed by atoms with Gasteiger partial charge in [-0.3, -0.25) is 15.6 Å². The highest BCUT2D eigenvalue weighted by molar-refractivity contribution is 7.80. The summed E-state index contributed by atoms with van der Waals surface area (Å²) >= 11 is 11.1. The fraction of sp³-hybridized carbons (Fsp3) is 0.150. The van der Waals surface area contributed by atoms with Gasteiger partial charge in [-0.2, -0.15) is 0 Å². The van der Waals surface area contributed by atoms with Crippen LogP contribution < -0.4 is 16.2 Å². The number of para-hydroxylation sites is 1. The number of carbonyl (C=O) groups excluding carboxylic acids is 1. The molecular weight excluding hydrogens is 396 g/mol. The summed E-state index contributed by atoms with van der Waals surface area (Å²) < 4.78 is 4.95. The maximum Gasteiger partial charge on any atom is 0.270 e. The molecule has 8 heteroatoms. The van der Waals surface area contributed by atoms with Gasteiger partial charge in [-0.1, -0.05) is 41.9 Å². The number of nitrogens with zero attached hydrogens (tertiary/aromatic N) is 1. The Bertz CT molecular complexity index is 995. The van der Waals surface area contributed by atoms with E-state index in [2.05, 4.69) is 21.2 Å². The van der Waals surface area contributed by atoms with Crippen LogP contribution in [0, 0.1) is 0 Å². The Morgan fingerprint density at radius 1 is 1.14 bits per heavy atom. The normalized spacial score (nSPS) is 10.5. The lowest BCUT2D eigenvalue weighted by molar-refractivity contribution is 0.0945. The van der Waals surface area contributed by atoms with Gasteiger partial charge < -0.3 is 10.1 Å². The highest BCUT2D eigenvalue weighted by atomic mass is 35.5. The molecule has 0 aliphatic heterocycles. The number of hydrogen-bond acceptors (Lipinski definition) is 4. The lowest BCUT2D eigenvalue weighted by atomic mass is 10.0. The number of amides is 1. The Morgan fingerprint density at radius 2 is 1.89 bits per heavy atom. The fourth-order valence-electron chi connectivity index (χ4n) is 2.62. The SMILES string of the molecule is COCCNC(=S)NNC(=O)c1cc(-c2ccc(Cl)cc2)nc2ccccc12. The predicted molar refractivity (Wildman–Crippen MR) is 115 cm³/mol. The Hall–Kier alpha value is -2.74. The maximum absolute atomic E-state index is 12.8. The summed E-state index contributed by atoms with van der Waals surface area (Å²) in [6, 6.07) is 16.6. The van der Waals surface area contributed by atoms with Crippen molar-refractivity contribution in [3.05, 3.63) is 65.2 Å². The van der Waals surface area contributed by atoms with E-state index in [0.717, 1.165) is 16.5 Å². The van der Waals surface area contributed by atoms with Gasteiger partial charge in [-0.15, -0.1) is 0 Å². The van der Waals surface area contributed by atoms with Crippen LogP contribution in [-0.2, 0) is 4.74 Å². The van der Waals surface area contributed by atoms with E-state index < -0.39 is 0 Å². The highest BCUT2D eigenvalue weighted by Crippen LogP contribution is 2.25. The Morgan fingerprint density at radius 3 is 2.64 bits per heavy atom. The quantitative estimate of drug-likeness (QED) is 0.338. The molecule has 0 radical (unpaired) electrons. The van der Waals surface area contributed by atoms with Crippen LogP contribution >= 0.6 is 23.8 Å². The largest absolute Gasteiger partial charge is 0.383 e. The number of hydrogen-bond donors (Lipinski definition) is 3. The summed E-state index contributed by atoms with van der Waals surface area (Å²) in [5, 5.41) is 4.62. The van der Waals surface area contributed by atoms with Crippen LogP contribution in [0.25, 0.3) is 22.2 Å². The minimum absolute atomic E-state index is 0.307. The molecule has 0 bridgehead atoms. The predicted octanol–water partition coefficient (Wildman–Crippen LogP) is 3.31. The molecule has 1 amide bonds. The van der Waals surface area contributed by atoms with Gasteiger partial charge in [0, 0.05) is 29.6 Å². The summed E-state index contributed by atoms with van der Waals surface area (Å²) in [4.78, 5) is 17.5. The molecule has 3 rings (SSSR count). The first-order valence-corrected chi connectivity index (χ1v) is 9.36. The number of rotatable bonds is 5. The number of benzene rings is 2. The van der Waals surface area contributed by atoms with E-state index in [-0.39, 0.29) is 5.91 Å². The van der Waals surface area contributed by atoms with E-state index in [9.17, 15) is 4.79 Å². The number of ether oxygens (including phenoxy) is 1. The summed E-state index contributed by atoms with van der Waals surface area (Å²) in [5.74, 6) is -0.315. The van der Waals surface area contributed by atoms with Crippen molar-refractivity contribution in [3.8, 4) is 11.3 Å². The maximum atomic E-state index is 12.8. The molecule has 0 spiro atoms. The third kappa shape index (κ3) is 4.95. The number of pyridine rings is 1. The second kappa shape index (κ2) is 9.45. The Balaban J connectivity index is 1.85. The summed E-state index contributed by atoms with van der Waals surface area (Å²) in [7, 11) is 1.60. The Labute approximate surface area is 173 Å². The number of methoxy groups -OCH3 is 1. The van der Waals surface area contributed by atoms with Crippen molar-refractivity contribution < 1.29 is 9.53 Å². The molecule has 1 aromatic heterocycles. The van der Waals surface area contributed by atoms with Gasteiger partial charge in [0.25, 0.3) is 5.91 Å². The monoisotopic (exact) mass is 414 g/mol. The third-order valence-corrected chi connectivity index (χ3v) is 4.48. The Kier molecular flexibility index (Phi) is 6.76. The third-order valence-electron chi connectivity index (χ3n) is 3.98. The topological polar surface area (TPSA) is 75.3 Å². The molecule has 0 saturated carbocycles. The van der Waals surface area contributed by atoms with Gasteiger partial charge in [-0.05, 0) is 36.5 Å². The first kappa shape index (κ1) is 20.0. The van der Waals surface area contributed by atoms with Gasteiger partial charge in [0.15, 0.2) is 5.11 Å². The molecule has 144 valence electrons. The van der Waals surface area contributed by atoms with Crippen LogP contribution in [0.15, 0.2) is 54.6 Å². The molecule has 0 unspecified atom stereocenters. The van der Waals surface area contributed by atoms with Crippen molar-refractivity contribution in [2.24, 2.45) is 0 Å². The standard InChI is InChI=1S/C20H19ClN4O2S/c1-27-11-10-22-20(28)25-24-19(26)16-12-18(13-6-8-14(21)9-7-13)23-17-5-3-2-4-15(16)17/h2-9,12H,10-11H2,1H3,(H,24,26)(H2,22,25,28). The van der Waals surface area contributed by atoms with Gasteiger partial charge in [0.05, 0.1) is 23.4 Å². The summed E-state index contributed by atoms with van der Waals surface area (Å²) in [6.45, 7) is 1.05. The van der Waals surface area contributed by atoms with Crippen molar-refractivity contribution in [3.63, 3.8) is 0 Å². The molecule has 1 heterocycles. The number of nitrogens with one attached hydrogen (secondary N) is 3. The number of fused-ring (bicyclic) bond motifs is 1. The van der Waals surface area contributed by atoms with Crippen LogP contribution in [0.1, 0.15) is 10.4 Å². The van der Waals surface area contributed by atoms with Crippen LogP contribution in [0.2, 0.25) is 5.02 Å². The van der Waals surface area contributed by atoms with Gasteiger partial charge in [-0.25, -0.2) is 4.98 Å². The molecule has 3 N–H and O–H groups in total. The molecule has 0 atom stereocenters. The molecule has 28 heavy (non-hydrogen) atoms. The average Bonchev–Trinajstić information content (AvgIpc) is 2.72. The van der Waals surface area contributed by atoms with Crippen LogP contribution in [-0.4, -0.2) is 36.3 Å². The minimum Gasteiger partial charge on any atom is -0.383 e. The van der Waals surface area contributed by atoms with E-state index >= 15 is 0 Å². The van der Waals surface area contributed by atoms with E-state index in [1.165, 1.54) is 0 Å². The van der Waals surface area contributed by atoms with E-state index in [0.29, 0.717) is 34.5 Å². The van der Waals surface area contributed by atoms with Crippen LogP contribution in [0.5, 0.6) is 0 Å².